The molecule has 2 saturated heterocycles. The zero-order chi connectivity index (χ0) is 18.0. The monoisotopic (exact) mass is 366 g/mol. The third-order valence-electron chi connectivity index (χ3n) is 5.49. The summed E-state index contributed by atoms with van der Waals surface area (Å²) in [5.74, 6) is 3.14. The fraction of sp³-hybridized carbons (Fsp3) is 0.778. The molecule has 0 aromatic carbocycles. The molecule has 2 aliphatic rings. The van der Waals surface area contributed by atoms with E-state index >= 15 is 0 Å². The minimum absolute atomic E-state index is 0.0282. The molecule has 2 fully saturated rings. The van der Waals surface area contributed by atoms with Gasteiger partial charge in [0.15, 0.2) is 9.84 Å². The number of sulfone groups is 1. The van der Waals surface area contributed by atoms with Crippen LogP contribution in [0.2, 0.25) is 0 Å². The molecular weight excluding hydrogens is 336 g/mol. The summed E-state index contributed by atoms with van der Waals surface area (Å²) < 4.78 is 23.8. The highest BCUT2D eigenvalue weighted by atomic mass is 32.2. The Morgan fingerprint density at radius 2 is 2.04 bits per heavy atom. The zero-order valence-corrected chi connectivity index (χ0v) is 16.4. The third-order valence-corrected chi connectivity index (χ3v) is 7.24. The van der Waals surface area contributed by atoms with Crippen molar-refractivity contribution in [2.45, 2.75) is 65.0 Å². The molecule has 2 atom stereocenters. The SMILES string of the molecule is CCC1CCCCN1c1cc(N(CC)C2CCS(=O)(=O)C2)nc(C)n1. The normalized spacial score (nSPS) is 26.0. The van der Waals surface area contributed by atoms with Gasteiger partial charge in [0.2, 0.25) is 0 Å². The second kappa shape index (κ2) is 7.48. The van der Waals surface area contributed by atoms with E-state index < -0.39 is 9.84 Å². The van der Waals surface area contributed by atoms with E-state index in [0.717, 1.165) is 37.0 Å². The average Bonchev–Trinajstić information content (AvgIpc) is 2.94. The fourth-order valence-electron chi connectivity index (χ4n) is 4.19. The zero-order valence-electron chi connectivity index (χ0n) is 15.6. The van der Waals surface area contributed by atoms with Crippen LogP contribution in [0.1, 0.15) is 51.8 Å². The van der Waals surface area contributed by atoms with E-state index in [1.54, 1.807) is 0 Å². The Balaban J connectivity index is 1.90. The van der Waals surface area contributed by atoms with Gasteiger partial charge in [0.25, 0.3) is 0 Å². The van der Waals surface area contributed by atoms with Crippen molar-refractivity contribution >= 4 is 21.5 Å². The molecule has 0 spiro atoms. The van der Waals surface area contributed by atoms with Gasteiger partial charge in [0.1, 0.15) is 17.5 Å². The predicted octanol–water partition coefficient (Wildman–Crippen LogP) is 2.57. The van der Waals surface area contributed by atoms with Crippen molar-refractivity contribution in [1.29, 1.82) is 0 Å². The van der Waals surface area contributed by atoms with Crippen molar-refractivity contribution in [3.05, 3.63) is 11.9 Å². The number of anilines is 2. The van der Waals surface area contributed by atoms with Gasteiger partial charge in [0.05, 0.1) is 11.5 Å². The number of hydrogen-bond acceptors (Lipinski definition) is 6. The lowest BCUT2D eigenvalue weighted by atomic mass is 10.00. The topological polar surface area (TPSA) is 66.4 Å². The first kappa shape index (κ1) is 18.4. The van der Waals surface area contributed by atoms with Crippen molar-refractivity contribution in [1.82, 2.24) is 9.97 Å². The maximum absolute atomic E-state index is 11.9. The maximum Gasteiger partial charge on any atom is 0.152 e. The van der Waals surface area contributed by atoms with Gasteiger partial charge in [0, 0.05) is 31.2 Å². The number of piperidine rings is 1. The molecule has 25 heavy (non-hydrogen) atoms. The molecule has 3 heterocycles. The van der Waals surface area contributed by atoms with Crippen LogP contribution in [0.4, 0.5) is 11.6 Å². The summed E-state index contributed by atoms with van der Waals surface area (Å²) in [6, 6.07) is 2.63. The number of hydrogen-bond donors (Lipinski definition) is 0. The maximum atomic E-state index is 11.9. The fourth-order valence-corrected chi connectivity index (χ4v) is 5.92. The second-order valence-electron chi connectivity index (χ2n) is 7.23. The average molecular weight is 367 g/mol. The van der Waals surface area contributed by atoms with Gasteiger partial charge in [-0.2, -0.15) is 0 Å². The number of aromatic nitrogens is 2. The first-order valence-electron chi connectivity index (χ1n) is 9.53. The highest BCUT2D eigenvalue weighted by Crippen LogP contribution is 2.29. The van der Waals surface area contributed by atoms with Gasteiger partial charge in [-0.25, -0.2) is 18.4 Å². The Kier molecular flexibility index (Phi) is 5.51. The molecule has 6 nitrogen and oxygen atoms in total. The molecule has 2 aliphatic heterocycles. The summed E-state index contributed by atoms with van der Waals surface area (Å²) in [6.45, 7) is 8.03. The molecule has 140 valence electrons. The van der Waals surface area contributed by atoms with Crippen LogP contribution in [-0.2, 0) is 9.84 Å². The molecule has 0 aliphatic carbocycles. The van der Waals surface area contributed by atoms with Gasteiger partial charge < -0.3 is 9.80 Å². The van der Waals surface area contributed by atoms with Gasteiger partial charge in [-0.3, -0.25) is 0 Å². The van der Waals surface area contributed by atoms with E-state index in [0.29, 0.717) is 12.5 Å². The Bertz CT molecular complexity index is 707. The molecule has 1 aromatic rings. The van der Waals surface area contributed by atoms with E-state index in [9.17, 15) is 8.42 Å². The van der Waals surface area contributed by atoms with Crippen LogP contribution in [0.15, 0.2) is 6.07 Å². The van der Waals surface area contributed by atoms with Crippen LogP contribution in [0, 0.1) is 6.92 Å². The lowest BCUT2D eigenvalue weighted by Crippen LogP contribution is -2.40. The third kappa shape index (κ3) is 4.07. The minimum atomic E-state index is -2.91. The van der Waals surface area contributed by atoms with Crippen molar-refractivity contribution in [3.8, 4) is 0 Å². The van der Waals surface area contributed by atoms with Crippen molar-refractivity contribution in [2.75, 3.05) is 34.4 Å². The number of aryl methyl sites for hydroxylation is 1. The van der Waals surface area contributed by atoms with E-state index in [4.69, 9.17) is 4.98 Å². The van der Waals surface area contributed by atoms with E-state index in [-0.39, 0.29) is 17.5 Å². The molecule has 7 heteroatoms. The molecular formula is C18H30N4O2S. The van der Waals surface area contributed by atoms with Crippen LogP contribution in [0.5, 0.6) is 0 Å². The molecule has 0 saturated carbocycles. The Morgan fingerprint density at radius 3 is 2.68 bits per heavy atom. The van der Waals surface area contributed by atoms with Crippen LogP contribution in [-0.4, -0.2) is 55.1 Å². The standard InChI is InChI=1S/C18H30N4O2S/c1-4-15-8-6-7-10-22(15)18-12-17(19-14(3)20-18)21(5-2)16-9-11-25(23,24)13-16/h12,15-16H,4-11,13H2,1-3H3. The summed E-state index contributed by atoms with van der Waals surface area (Å²) in [5, 5.41) is 0. The number of rotatable bonds is 5. The van der Waals surface area contributed by atoms with E-state index in [1.165, 1.54) is 19.3 Å². The van der Waals surface area contributed by atoms with E-state index in [2.05, 4.69) is 34.7 Å². The molecule has 0 radical (unpaired) electrons. The Hall–Kier alpha value is -1.37. The minimum Gasteiger partial charge on any atom is -0.353 e. The Morgan fingerprint density at radius 1 is 1.24 bits per heavy atom. The smallest absolute Gasteiger partial charge is 0.152 e. The second-order valence-corrected chi connectivity index (χ2v) is 9.45. The van der Waals surface area contributed by atoms with Gasteiger partial charge in [-0.1, -0.05) is 6.92 Å². The van der Waals surface area contributed by atoms with Crippen LogP contribution in [0.3, 0.4) is 0 Å². The van der Waals surface area contributed by atoms with Crippen LogP contribution in [0.25, 0.3) is 0 Å². The lowest BCUT2D eigenvalue weighted by molar-refractivity contribution is 0.446. The highest BCUT2D eigenvalue weighted by molar-refractivity contribution is 7.91. The molecule has 2 unspecified atom stereocenters. The first-order chi connectivity index (χ1) is 11.9. The predicted molar refractivity (Wildman–Crippen MR) is 102 cm³/mol. The molecule has 3 rings (SSSR count). The highest BCUT2D eigenvalue weighted by Gasteiger charge is 2.33. The summed E-state index contributed by atoms with van der Waals surface area (Å²) >= 11 is 0. The summed E-state index contributed by atoms with van der Waals surface area (Å²) in [7, 11) is -2.91. The Labute approximate surface area is 151 Å². The largest absolute Gasteiger partial charge is 0.353 e. The molecule has 1 aromatic heterocycles. The van der Waals surface area contributed by atoms with Crippen LogP contribution < -0.4 is 9.80 Å². The first-order valence-corrected chi connectivity index (χ1v) is 11.3. The van der Waals surface area contributed by atoms with Crippen molar-refractivity contribution in [2.24, 2.45) is 0 Å². The summed E-state index contributed by atoms with van der Waals surface area (Å²) in [4.78, 5) is 13.9. The lowest BCUT2D eigenvalue weighted by Gasteiger charge is -2.37. The van der Waals surface area contributed by atoms with Crippen molar-refractivity contribution < 1.29 is 8.42 Å². The number of nitrogens with zero attached hydrogens (tertiary/aromatic N) is 4. The quantitative estimate of drug-likeness (QED) is 0.798. The van der Waals surface area contributed by atoms with Crippen molar-refractivity contribution in [3.63, 3.8) is 0 Å². The van der Waals surface area contributed by atoms with Gasteiger partial charge in [-0.05, 0) is 46.0 Å². The van der Waals surface area contributed by atoms with Gasteiger partial charge in [-0.15, -0.1) is 0 Å². The van der Waals surface area contributed by atoms with Crippen LogP contribution >= 0.6 is 0 Å². The molecule has 0 N–H and O–H groups in total. The molecule has 0 bridgehead atoms. The summed E-state index contributed by atoms with van der Waals surface area (Å²) in [5.41, 5.74) is 0. The van der Waals surface area contributed by atoms with E-state index in [1.807, 2.05) is 6.92 Å². The molecule has 0 amide bonds. The summed E-state index contributed by atoms with van der Waals surface area (Å²) in [6.07, 6.45) is 5.51. The van der Waals surface area contributed by atoms with Gasteiger partial charge >= 0.3 is 0 Å².